The van der Waals surface area contributed by atoms with Crippen molar-refractivity contribution in [3.63, 3.8) is 0 Å². The summed E-state index contributed by atoms with van der Waals surface area (Å²) in [5, 5.41) is 8.83. The van der Waals surface area contributed by atoms with Gasteiger partial charge in [-0.1, -0.05) is 46.3 Å². The molecule has 0 atom stereocenters. The van der Waals surface area contributed by atoms with E-state index in [4.69, 9.17) is 5.11 Å². The molecule has 0 saturated carbocycles. The molecule has 0 aromatic heterocycles. The van der Waals surface area contributed by atoms with E-state index in [9.17, 15) is 4.79 Å². The molecule has 1 N–H and O–H groups in total. The molecule has 0 spiro atoms. The van der Waals surface area contributed by atoms with Crippen molar-refractivity contribution in [1.29, 1.82) is 0 Å². The second-order valence-electron chi connectivity index (χ2n) is 4.77. The van der Waals surface area contributed by atoms with E-state index >= 15 is 0 Å². The number of halogens is 1. The van der Waals surface area contributed by atoms with Crippen LogP contribution in [-0.4, -0.2) is 17.5 Å². The number of ketones is 1. The molecule has 0 heterocycles. The van der Waals surface area contributed by atoms with Crippen molar-refractivity contribution in [2.45, 2.75) is 19.8 Å². The summed E-state index contributed by atoms with van der Waals surface area (Å²) in [7, 11) is 0. The molecule has 2 rings (SSSR count). The first-order valence-corrected chi connectivity index (χ1v) is 7.42. The smallest absolute Gasteiger partial charge is 0.160 e. The molecule has 0 saturated heterocycles. The topological polar surface area (TPSA) is 37.3 Å². The minimum atomic E-state index is 0.0581. The van der Waals surface area contributed by atoms with Crippen molar-refractivity contribution in [3.05, 3.63) is 58.1 Å². The highest BCUT2D eigenvalue weighted by molar-refractivity contribution is 9.10. The Morgan fingerprint density at radius 3 is 2.30 bits per heavy atom. The average Bonchev–Trinajstić information content (AvgIpc) is 2.45. The molecule has 0 aliphatic carbocycles. The number of aliphatic hydroxyl groups is 1. The van der Waals surface area contributed by atoms with E-state index < -0.39 is 0 Å². The lowest BCUT2D eigenvalue weighted by Crippen LogP contribution is -1.94. The van der Waals surface area contributed by atoms with Crippen molar-refractivity contribution in [3.8, 4) is 11.1 Å². The number of aryl methyl sites for hydroxylation is 1. The van der Waals surface area contributed by atoms with E-state index in [1.54, 1.807) is 6.92 Å². The van der Waals surface area contributed by atoms with Crippen LogP contribution in [0.3, 0.4) is 0 Å². The van der Waals surface area contributed by atoms with Gasteiger partial charge in [-0.3, -0.25) is 4.79 Å². The molecule has 104 valence electrons. The summed E-state index contributed by atoms with van der Waals surface area (Å²) in [6.45, 7) is 1.79. The average molecular weight is 333 g/mol. The Labute approximate surface area is 127 Å². The lowest BCUT2D eigenvalue weighted by Gasteiger charge is -2.07. The number of hydrogen-bond acceptors (Lipinski definition) is 2. The molecule has 0 radical (unpaired) electrons. The number of rotatable bonds is 5. The summed E-state index contributed by atoms with van der Waals surface area (Å²) in [6, 6.07) is 14.1. The van der Waals surface area contributed by atoms with Gasteiger partial charge in [0.05, 0.1) is 0 Å². The van der Waals surface area contributed by atoms with Crippen LogP contribution in [0.5, 0.6) is 0 Å². The second kappa shape index (κ2) is 6.82. The Morgan fingerprint density at radius 1 is 1.10 bits per heavy atom. The second-order valence-corrected chi connectivity index (χ2v) is 5.63. The Bertz CT molecular complexity index is 603. The Balaban J connectivity index is 2.23. The number of carbonyl (C=O) groups is 1. The summed E-state index contributed by atoms with van der Waals surface area (Å²) in [6.07, 6.45) is 1.68. The van der Waals surface area contributed by atoms with Gasteiger partial charge in [0.25, 0.3) is 0 Å². The highest BCUT2D eigenvalue weighted by Crippen LogP contribution is 2.26. The largest absolute Gasteiger partial charge is 0.396 e. The zero-order chi connectivity index (χ0) is 14.5. The van der Waals surface area contributed by atoms with Gasteiger partial charge in [0.2, 0.25) is 0 Å². The first-order chi connectivity index (χ1) is 9.61. The van der Waals surface area contributed by atoms with Gasteiger partial charge in [0, 0.05) is 16.6 Å². The first-order valence-electron chi connectivity index (χ1n) is 6.62. The van der Waals surface area contributed by atoms with Crippen LogP contribution >= 0.6 is 15.9 Å². The first kappa shape index (κ1) is 14.9. The summed E-state index contributed by atoms with van der Waals surface area (Å²) < 4.78 is 0.826. The summed E-state index contributed by atoms with van der Waals surface area (Å²) >= 11 is 3.45. The van der Waals surface area contributed by atoms with Gasteiger partial charge in [-0.05, 0) is 48.6 Å². The molecule has 0 aliphatic rings. The van der Waals surface area contributed by atoms with Crippen LogP contribution in [-0.2, 0) is 6.42 Å². The Morgan fingerprint density at radius 2 is 1.75 bits per heavy atom. The van der Waals surface area contributed by atoms with E-state index in [1.165, 1.54) is 5.56 Å². The lowest BCUT2D eigenvalue weighted by molar-refractivity contribution is 0.101. The standard InChI is InChI=1S/C17H17BrO2/c1-12(20)16-9-8-15(11-17(16)18)14-6-4-13(5-7-14)3-2-10-19/h4-9,11,19H,2-3,10H2,1H3. The zero-order valence-corrected chi connectivity index (χ0v) is 13.0. The molecule has 0 amide bonds. The Kier molecular flexibility index (Phi) is 5.10. The minimum absolute atomic E-state index is 0.0581. The van der Waals surface area contributed by atoms with Gasteiger partial charge in [-0.15, -0.1) is 0 Å². The fraction of sp³-hybridized carbons (Fsp3) is 0.235. The van der Waals surface area contributed by atoms with Gasteiger partial charge in [0.15, 0.2) is 5.78 Å². The monoisotopic (exact) mass is 332 g/mol. The lowest BCUT2D eigenvalue weighted by atomic mass is 10.0. The maximum absolute atomic E-state index is 11.4. The van der Waals surface area contributed by atoms with Crippen LogP contribution in [0.15, 0.2) is 46.9 Å². The van der Waals surface area contributed by atoms with E-state index in [-0.39, 0.29) is 12.4 Å². The highest BCUT2D eigenvalue weighted by Gasteiger charge is 2.07. The fourth-order valence-corrected chi connectivity index (χ4v) is 2.79. The number of carbonyl (C=O) groups excluding carboxylic acids is 1. The van der Waals surface area contributed by atoms with E-state index in [0.717, 1.165) is 28.4 Å². The molecule has 0 unspecified atom stereocenters. The third kappa shape index (κ3) is 3.56. The molecule has 2 aromatic carbocycles. The molecule has 2 nitrogen and oxygen atoms in total. The van der Waals surface area contributed by atoms with Crippen LogP contribution in [0.1, 0.15) is 29.3 Å². The number of hydrogen-bond donors (Lipinski definition) is 1. The predicted molar refractivity (Wildman–Crippen MR) is 85.0 cm³/mol. The molecular weight excluding hydrogens is 316 g/mol. The van der Waals surface area contributed by atoms with E-state index in [2.05, 4.69) is 40.2 Å². The summed E-state index contributed by atoms with van der Waals surface area (Å²) in [5.74, 6) is 0.0581. The number of Topliss-reactive ketones (excluding diaryl/α,β-unsaturated/α-hetero) is 1. The maximum Gasteiger partial charge on any atom is 0.160 e. The quantitative estimate of drug-likeness (QED) is 0.831. The maximum atomic E-state index is 11.4. The van der Waals surface area contributed by atoms with E-state index in [0.29, 0.717) is 5.56 Å². The van der Waals surface area contributed by atoms with Gasteiger partial charge in [0.1, 0.15) is 0 Å². The van der Waals surface area contributed by atoms with Crippen molar-refractivity contribution < 1.29 is 9.90 Å². The molecule has 0 bridgehead atoms. The number of aliphatic hydroxyl groups excluding tert-OH is 1. The van der Waals surface area contributed by atoms with Crippen molar-refractivity contribution in [1.82, 2.24) is 0 Å². The molecule has 0 aliphatic heterocycles. The third-order valence-corrected chi connectivity index (χ3v) is 3.92. The van der Waals surface area contributed by atoms with Crippen molar-refractivity contribution in [2.75, 3.05) is 6.61 Å². The highest BCUT2D eigenvalue weighted by atomic mass is 79.9. The van der Waals surface area contributed by atoms with Crippen LogP contribution < -0.4 is 0 Å². The van der Waals surface area contributed by atoms with E-state index in [1.807, 2.05) is 18.2 Å². The predicted octanol–water partition coefficient (Wildman–Crippen LogP) is 4.24. The van der Waals surface area contributed by atoms with Gasteiger partial charge >= 0.3 is 0 Å². The summed E-state index contributed by atoms with van der Waals surface area (Å²) in [5.41, 5.74) is 4.12. The minimum Gasteiger partial charge on any atom is -0.396 e. The van der Waals surface area contributed by atoms with Crippen LogP contribution in [0.25, 0.3) is 11.1 Å². The van der Waals surface area contributed by atoms with Crippen molar-refractivity contribution >= 4 is 21.7 Å². The fourth-order valence-electron chi connectivity index (χ4n) is 2.13. The molecule has 0 fully saturated rings. The van der Waals surface area contributed by atoms with Crippen molar-refractivity contribution in [2.24, 2.45) is 0 Å². The molecule has 2 aromatic rings. The third-order valence-electron chi connectivity index (χ3n) is 3.26. The molecule has 20 heavy (non-hydrogen) atoms. The van der Waals surface area contributed by atoms with Gasteiger partial charge in [-0.2, -0.15) is 0 Å². The van der Waals surface area contributed by atoms with Crippen LogP contribution in [0.2, 0.25) is 0 Å². The van der Waals surface area contributed by atoms with Gasteiger partial charge < -0.3 is 5.11 Å². The molecular formula is C17H17BrO2. The normalized spacial score (nSPS) is 10.6. The van der Waals surface area contributed by atoms with Crippen LogP contribution in [0.4, 0.5) is 0 Å². The zero-order valence-electron chi connectivity index (χ0n) is 11.4. The van der Waals surface area contributed by atoms with Gasteiger partial charge in [-0.25, -0.2) is 0 Å². The Hall–Kier alpha value is -1.45. The SMILES string of the molecule is CC(=O)c1ccc(-c2ccc(CCCO)cc2)cc1Br. The summed E-state index contributed by atoms with van der Waals surface area (Å²) in [4.78, 5) is 11.4. The number of benzene rings is 2. The molecule has 3 heteroatoms. The van der Waals surface area contributed by atoms with Crippen LogP contribution in [0, 0.1) is 0 Å².